The molecule has 0 radical (unpaired) electrons. The minimum absolute atomic E-state index is 0.0690. The van der Waals surface area contributed by atoms with Gasteiger partial charge >= 0.3 is 5.97 Å². The number of halogens is 2. The predicted molar refractivity (Wildman–Crippen MR) is 90.4 cm³/mol. The summed E-state index contributed by atoms with van der Waals surface area (Å²) < 4.78 is 32.2. The zero-order valence-electron chi connectivity index (χ0n) is 14.1. The molecule has 26 heavy (non-hydrogen) atoms. The molecule has 144 valence electrons. The molecule has 6 nitrogen and oxygen atoms in total. The van der Waals surface area contributed by atoms with Gasteiger partial charge in [0.2, 0.25) is 0 Å². The van der Waals surface area contributed by atoms with Crippen LogP contribution in [0, 0.1) is 11.6 Å². The Labute approximate surface area is 150 Å². The van der Waals surface area contributed by atoms with E-state index in [2.05, 4.69) is 5.32 Å². The minimum Gasteiger partial charge on any atom is -0.479 e. The van der Waals surface area contributed by atoms with Crippen LogP contribution in [0.2, 0.25) is 0 Å². The lowest BCUT2D eigenvalue weighted by Crippen LogP contribution is -2.54. The first-order chi connectivity index (χ1) is 12.4. The molecule has 1 saturated heterocycles. The van der Waals surface area contributed by atoms with Crippen molar-refractivity contribution in [3.8, 4) is 0 Å². The Hall–Kier alpha value is -1.87. The summed E-state index contributed by atoms with van der Waals surface area (Å²) in [6.07, 6.45) is 1.08. The molecule has 8 heteroatoms. The SMILES string of the molecule is O=C(O)C1CCC(NC/C=C/c2cc(F)ccc2F)C(C(O)CCO)O1. The second-order valence-corrected chi connectivity index (χ2v) is 6.17. The molecule has 0 aromatic heterocycles. The van der Waals surface area contributed by atoms with Crippen molar-refractivity contribution in [1.29, 1.82) is 0 Å². The van der Waals surface area contributed by atoms with Crippen LogP contribution in [0.25, 0.3) is 6.08 Å². The number of ether oxygens (including phenoxy) is 1. The lowest BCUT2D eigenvalue weighted by molar-refractivity contribution is -0.170. The Bertz CT molecular complexity index is 640. The zero-order valence-corrected chi connectivity index (χ0v) is 14.1. The van der Waals surface area contributed by atoms with Crippen molar-refractivity contribution in [3.05, 3.63) is 41.5 Å². The highest BCUT2D eigenvalue weighted by Crippen LogP contribution is 2.23. The fourth-order valence-electron chi connectivity index (χ4n) is 2.95. The van der Waals surface area contributed by atoms with E-state index < -0.39 is 35.9 Å². The second-order valence-electron chi connectivity index (χ2n) is 6.17. The molecule has 1 aliphatic heterocycles. The van der Waals surface area contributed by atoms with Crippen LogP contribution in [0.5, 0.6) is 0 Å². The summed E-state index contributed by atoms with van der Waals surface area (Å²) in [4.78, 5) is 11.1. The third kappa shape index (κ3) is 5.57. The summed E-state index contributed by atoms with van der Waals surface area (Å²) >= 11 is 0. The fraction of sp³-hybridized carbons (Fsp3) is 0.500. The number of rotatable bonds is 8. The first kappa shape index (κ1) is 20.4. The predicted octanol–water partition coefficient (Wildman–Crippen LogP) is 1.31. The van der Waals surface area contributed by atoms with Gasteiger partial charge in [0.15, 0.2) is 6.10 Å². The first-order valence-electron chi connectivity index (χ1n) is 8.44. The largest absolute Gasteiger partial charge is 0.479 e. The highest BCUT2D eigenvalue weighted by atomic mass is 19.1. The summed E-state index contributed by atoms with van der Waals surface area (Å²) in [7, 11) is 0. The van der Waals surface area contributed by atoms with Crippen LogP contribution in [-0.4, -0.2) is 58.8 Å². The van der Waals surface area contributed by atoms with Gasteiger partial charge in [0.25, 0.3) is 0 Å². The van der Waals surface area contributed by atoms with Crippen molar-refractivity contribution >= 4 is 12.0 Å². The number of aliphatic hydroxyl groups excluding tert-OH is 2. The number of carbonyl (C=O) groups is 1. The van der Waals surface area contributed by atoms with Gasteiger partial charge in [-0.25, -0.2) is 13.6 Å². The highest BCUT2D eigenvalue weighted by molar-refractivity contribution is 5.72. The summed E-state index contributed by atoms with van der Waals surface area (Å²) in [6.45, 7) is 0.0499. The van der Waals surface area contributed by atoms with E-state index in [0.717, 1.165) is 18.2 Å². The molecule has 1 aliphatic rings. The molecule has 4 unspecified atom stereocenters. The topological polar surface area (TPSA) is 99.0 Å². The molecule has 2 rings (SSSR count). The maximum Gasteiger partial charge on any atom is 0.332 e. The molecule has 1 fully saturated rings. The van der Waals surface area contributed by atoms with Gasteiger partial charge in [0.05, 0.1) is 12.2 Å². The van der Waals surface area contributed by atoms with Crippen molar-refractivity contribution < 1.29 is 33.6 Å². The second kappa shape index (κ2) is 9.72. The van der Waals surface area contributed by atoms with Crippen LogP contribution >= 0.6 is 0 Å². The number of aliphatic hydroxyl groups is 2. The van der Waals surface area contributed by atoms with Crippen LogP contribution in [-0.2, 0) is 9.53 Å². The molecule has 1 aromatic rings. The number of hydrogen-bond acceptors (Lipinski definition) is 5. The number of benzene rings is 1. The zero-order chi connectivity index (χ0) is 19.1. The maximum atomic E-state index is 13.6. The van der Waals surface area contributed by atoms with Crippen molar-refractivity contribution in [2.75, 3.05) is 13.2 Å². The molecule has 4 atom stereocenters. The van der Waals surface area contributed by atoms with Crippen molar-refractivity contribution in [3.63, 3.8) is 0 Å². The monoisotopic (exact) mass is 371 g/mol. The molecule has 0 spiro atoms. The van der Waals surface area contributed by atoms with E-state index in [-0.39, 0.29) is 31.1 Å². The quantitative estimate of drug-likeness (QED) is 0.550. The molecule has 0 saturated carbocycles. The lowest BCUT2D eigenvalue weighted by Gasteiger charge is -2.37. The molecule has 1 aromatic carbocycles. The fourth-order valence-corrected chi connectivity index (χ4v) is 2.95. The van der Waals surface area contributed by atoms with Gasteiger partial charge in [0, 0.05) is 24.8 Å². The summed E-state index contributed by atoms with van der Waals surface area (Å²) in [5, 5.41) is 31.3. The Kier molecular flexibility index (Phi) is 7.65. The summed E-state index contributed by atoms with van der Waals surface area (Å²) in [6, 6.07) is 2.84. The van der Waals surface area contributed by atoms with E-state index in [1.54, 1.807) is 6.08 Å². The Morgan fingerprint density at radius 2 is 2.15 bits per heavy atom. The van der Waals surface area contributed by atoms with Gasteiger partial charge in [-0.3, -0.25) is 0 Å². The van der Waals surface area contributed by atoms with Crippen molar-refractivity contribution in [2.45, 2.75) is 43.6 Å². The molecule has 0 bridgehead atoms. The number of hydrogen-bond donors (Lipinski definition) is 4. The van der Waals surface area contributed by atoms with Gasteiger partial charge in [-0.2, -0.15) is 0 Å². The van der Waals surface area contributed by atoms with Gasteiger partial charge in [-0.15, -0.1) is 0 Å². The van der Waals surface area contributed by atoms with Crippen molar-refractivity contribution in [2.24, 2.45) is 0 Å². The highest BCUT2D eigenvalue weighted by Gasteiger charge is 2.37. The summed E-state index contributed by atoms with van der Waals surface area (Å²) in [5.74, 6) is -2.16. The van der Waals surface area contributed by atoms with Crippen LogP contribution in [0.4, 0.5) is 8.78 Å². The van der Waals surface area contributed by atoms with Crippen LogP contribution < -0.4 is 5.32 Å². The van der Waals surface area contributed by atoms with E-state index in [4.69, 9.17) is 14.9 Å². The Balaban J connectivity index is 1.96. The molecule has 0 aliphatic carbocycles. The average Bonchev–Trinajstić information content (AvgIpc) is 2.61. The van der Waals surface area contributed by atoms with E-state index >= 15 is 0 Å². The minimum atomic E-state index is -1.09. The Morgan fingerprint density at radius 1 is 1.38 bits per heavy atom. The average molecular weight is 371 g/mol. The molecular formula is C18H23F2NO5. The van der Waals surface area contributed by atoms with E-state index in [0.29, 0.717) is 13.0 Å². The molecular weight excluding hydrogens is 348 g/mol. The third-order valence-electron chi connectivity index (χ3n) is 4.29. The van der Waals surface area contributed by atoms with Gasteiger partial charge in [-0.05, 0) is 37.5 Å². The number of carboxylic acids is 1. The van der Waals surface area contributed by atoms with Gasteiger partial charge in [0.1, 0.15) is 11.6 Å². The van der Waals surface area contributed by atoms with E-state index in [1.165, 1.54) is 6.08 Å². The third-order valence-corrected chi connectivity index (χ3v) is 4.29. The first-order valence-corrected chi connectivity index (χ1v) is 8.44. The molecule has 4 N–H and O–H groups in total. The van der Waals surface area contributed by atoms with Crippen molar-refractivity contribution in [1.82, 2.24) is 5.32 Å². The number of carboxylic acid groups (broad SMARTS) is 1. The van der Waals surface area contributed by atoms with E-state index in [1.807, 2.05) is 0 Å². The normalized spacial score (nSPS) is 24.7. The Morgan fingerprint density at radius 3 is 2.85 bits per heavy atom. The van der Waals surface area contributed by atoms with Gasteiger partial charge < -0.3 is 25.4 Å². The number of aliphatic carboxylic acids is 1. The van der Waals surface area contributed by atoms with Crippen LogP contribution in [0.15, 0.2) is 24.3 Å². The lowest BCUT2D eigenvalue weighted by atomic mass is 9.93. The van der Waals surface area contributed by atoms with Crippen LogP contribution in [0.3, 0.4) is 0 Å². The van der Waals surface area contributed by atoms with Gasteiger partial charge in [-0.1, -0.05) is 12.2 Å². The maximum absolute atomic E-state index is 13.6. The molecule has 1 heterocycles. The van der Waals surface area contributed by atoms with E-state index in [9.17, 15) is 18.7 Å². The summed E-state index contributed by atoms with van der Waals surface area (Å²) in [5.41, 5.74) is 0.120. The standard InChI is InChI=1S/C18H23F2NO5/c19-12-3-4-13(20)11(10-12)2-1-8-21-14-5-6-16(18(24)25)26-17(14)15(23)7-9-22/h1-4,10,14-17,21-23H,5-9H2,(H,24,25)/b2-1+. The smallest absolute Gasteiger partial charge is 0.332 e. The van der Waals surface area contributed by atoms with Crippen LogP contribution in [0.1, 0.15) is 24.8 Å². The number of nitrogens with one attached hydrogen (secondary N) is 1. The molecule has 0 amide bonds.